The van der Waals surface area contributed by atoms with E-state index in [1.165, 1.54) is 0 Å². The minimum Gasteiger partial charge on any atom is -0.392 e. The molecule has 1 heterocycles. The molecule has 1 unspecified atom stereocenters. The molecule has 0 saturated heterocycles. The van der Waals surface area contributed by atoms with Gasteiger partial charge in [0, 0.05) is 31.0 Å². The number of aliphatic hydroxyl groups is 1. The van der Waals surface area contributed by atoms with Crippen molar-refractivity contribution in [3.05, 3.63) is 18.0 Å². The van der Waals surface area contributed by atoms with Crippen LogP contribution in [-0.4, -0.2) is 28.2 Å². The summed E-state index contributed by atoms with van der Waals surface area (Å²) in [6, 6.07) is 2.18. The van der Waals surface area contributed by atoms with Gasteiger partial charge in [-0.15, -0.1) is 0 Å². The molecule has 0 radical (unpaired) electrons. The summed E-state index contributed by atoms with van der Waals surface area (Å²) in [5, 5.41) is 17.4. The van der Waals surface area contributed by atoms with Crippen molar-refractivity contribution in [1.29, 1.82) is 5.26 Å². The Morgan fingerprint density at radius 3 is 2.60 bits per heavy atom. The summed E-state index contributed by atoms with van der Waals surface area (Å²) in [6.45, 7) is 1.88. The Hall–Kier alpha value is -1.67. The Morgan fingerprint density at radius 1 is 1.53 bits per heavy atom. The van der Waals surface area contributed by atoms with Crippen LogP contribution in [0, 0.1) is 11.3 Å². The number of rotatable bonds is 4. The molecule has 1 N–H and O–H groups in total. The van der Waals surface area contributed by atoms with Gasteiger partial charge in [0.05, 0.1) is 19.1 Å². The second-order valence-corrected chi connectivity index (χ2v) is 3.37. The summed E-state index contributed by atoms with van der Waals surface area (Å²) >= 11 is 0. The Bertz CT molecular complexity index is 343. The fourth-order valence-corrected chi connectivity index (χ4v) is 1.08. The van der Waals surface area contributed by atoms with Gasteiger partial charge in [-0.25, -0.2) is 9.97 Å². The van der Waals surface area contributed by atoms with Crippen LogP contribution in [0.1, 0.15) is 18.9 Å². The second kappa shape index (κ2) is 5.27. The van der Waals surface area contributed by atoms with Crippen molar-refractivity contribution in [2.45, 2.75) is 26.0 Å². The molecule has 15 heavy (non-hydrogen) atoms. The highest BCUT2D eigenvalue weighted by molar-refractivity contribution is 5.30. The maximum atomic E-state index is 8.82. The summed E-state index contributed by atoms with van der Waals surface area (Å²) in [5.41, 5.74) is 0.681. The predicted octanol–water partition coefficient (Wildman–Crippen LogP) is 0.707. The first-order chi connectivity index (χ1) is 7.19. The number of anilines is 1. The van der Waals surface area contributed by atoms with Crippen LogP contribution < -0.4 is 4.90 Å². The number of aliphatic hydroxyl groups excluding tert-OH is 1. The number of nitriles is 1. The lowest BCUT2D eigenvalue weighted by Gasteiger charge is -2.22. The molecule has 80 valence electrons. The van der Waals surface area contributed by atoms with Crippen molar-refractivity contribution in [2.75, 3.05) is 11.9 Å². The third kappa shape index (κ3) is 2.89. The van der Waals surface area contributed by atoms with E-state index >= 15 is 0 Å². The fourth-order valence-electron chi connectivity index (χ4n) is 1.08. The Labute approximate surface area is 89.0 Å². The van der Waals surface area contributed by atoms with Gasteiger partial charge in [-0.1, -0.05) is 0 Å². The summed E-state index contributed by atoms with van der Waals surface area (Å²) < 4.78 is 0. The molecule has 1 aromatic rings. The quantitative estimate of drug-likeness (QED) is 0.785. The van der Waals surface area contributed by atoms with Gasteiger partial charge in [0.1, 0.15) is 0 Å². The molecule has 1 aromatic heterocycles. The molecule has 0 fully saturated rings. The Balaban J connectivity index is 2.74. The molecule has 0 saturated carbocycles. The zero-order chi connectivity index (χ0) is 11.3. The number of hydrogen-bond acceptors (Lipinski definition) is 5. The lowest BCUT2D eigenvalue weighted by molar-refractivity contribution is 0.281. The average molecular weight is 206 g/mol. The van der Waals surface area contributed by atoms with E-state index < -0.39 is 0 Å². The van der Waals surface area contributed by atoms with Crippen LogP contribution in [0.15, 0.2) is 12.4 Å². The van der Waals surface area contributed by atoms with E-state index in [2.05, 4.69) is 16.0 Å². The minimum atomic E-state index is -0.0578. The van der Waals surface area contributed by atoms with Crippen molar-refractivity contribution in [3.8, 4) is 6.07 Å². The predicted molar refractivity (Wildman–Crippen MR) is 56.0 cm³/mol. The van der Waals surface area contributed by atoms with Gasteiger partial charge in [0.2, 0.25) is 5.95 Å². The summed E-state index contributed by atoms with van der Waals surface area (Å²) in [6.07, 6.45) is 3.59. The fraction of sp³-hybridized carbons (Fsp3) is 0.500. The SMILES string of the molecule is CC(CC#N)N(C)c1ncc(CO)cn1. The van der Waals surface area contributed by atoms with Crippen LogP contribution in [-0.2, 0) is 6.61 Å². The highest BCUT2D eigenvalue weighted by Crippen LogP contribution is 2.10. The van der Waals surface area contributed by atoms with Crippen LogP contribution in [0.25, 0.3) is 0 Å². The van der Waals surface area contributed by atoms with Crippen LogP contribution >= 0.6 is 0 Å². The Morgan fingerprint density at radius 2 is 2.13 bits per heavy atom. The molecular weight excluding hydrogens is 192 g/mol. The van der Waals surface area contributed by atoms with Gasteiger partial charge in [0.15, 0.2) is 0 Å². The minimum absolute atomic E-state index is 0.0578. The summed E-state index contributed by atoms with van der Waals surface area (Å²) in [4.78, 5) is 10.0. The van der Waals surface area contributed by atoms with E-state index in [4.69, 9.17) is 10.4 Å². The van der Waals surface area contributed by atoms with Crippen LogP contribution in [0.3, 0.4) is 0 Å². The lowest BCUT2D eigenvalue weighted by Crippen LogP contribution is -2.29. The van der Waals surface area contributed by atoms with Gasteiger partial charge in [-0.05, 0) is 6.92 Å². The second-order valence-electron chi connectivity index (χ2n) is 3.37. The first-order valence-electron chi connectivity index (χ1n) is 4.70. The van der Waals surface area contributed by atoms with Gasteiger partial charge in [-0.3, -0.25) is 0 Å². The largest absolute Gasteiger partial charge is 0.392 e. The van der Waals surface area contributed by atoms with E-state index in [-0.39, 0.29) is 12.6 Å². The van der Waals surface area contributed by atoms with Crippen LogP contribution in [0.2, 0.25) is 0 Å². The standard InChI is InChI=1S/C10H14N4O/c1-8(3-4-11)14(2)10-12-5-9(7-15)6-13-10/h5-6,8,15H,3,7H2,1-2H3. The number of nitrogens with zero attached hydrogens (tertiary/aromatic N) is 4. The zero-order valence-electron chi connectivity index (χ0n) is 8.88. The van der Waals surface area contributed by atoms with Gasteiger partial charge >= 0.3 is 0 Å². The molecule has 1 rings (SSSR count). The Kier molecular flexibility index (Phi) is 4.01. The molecule has 1 atom stereocenters. The molecule has 0 spiro atoms. The van der Waals surface area contributed by atoms with Crippen LogP contribution in [0.5, 0.6) is 0 Å². The van der Waals surface area contributed by atoms with Crippen molar-refractivity contribution in [3.63, 3.8) is 0 Å². The highest BCUT2D eigenvalue weighted by Gasteiger charge is 2.11. The van der Waals surface area contributed by atoms with Crippen molar-refractivity contribution in [2.24, 2.45) is 0 Å². The molecule has 0 aliphatic heterocycles. The topological polar surface area (TPSA) is 73.0 Å². The maximum Gasteiger partial charge on any atom is 0.225 e. The van der Waals surface area contributed by atoms with E-state index in [0.717, 1.165) is 0 Å². The number of aromatic nitrogens is 2. The van der Waals surface area contributed by atoms with Crippen molar-refractivity contribution >= 4 is 5.95 Å². The molecule has 0 bridgehead atoms. The molecule has 0 aliphatic rings. The smallest absolute Gasteiger partial charge is 0.225 e. The number of hydrogen-bond donors (Lipinski definition) is 1. The molecule has 0 aliphatic carbocycles. The normalized spacial score (nSPS) is 11.9. The first-order valence-corrected chi connectivity index (χ1v) is 4.70. The van der Waals surface area contributed by atoms with Gasteiger partial charge < -0.3 is 10.0 Å². The molecule has 0 amide bonds. The average Bonchev–Trinajstić information content (AvgIpc) is 2.28. The molecule has 0 aromatic carbocycles. The zero-order valence-corrected chi connectivity index (χ0v) is 8.88. The monoisotopic (exact) mass is 206 g/mol. The molecule has 5 heteroatoms. The third-order valence-corrected chi connectivity index (χ3v) is 2.24. The summed E-state index contributed by atoms with van der Waals surface area (Å²) in [5.74, 6) is 0.565. The van der Waals surface area contributed by atoms with E-state index in [1.807, 2.05) is 18.9 Å². The molecule has 5 nitrogen and oxygen atoms in total. The lowest BCUT2D eigenvalue weighted by atomic mass is 10.2. The first kappa shape index (κ1) is 11.4. The van der Waals surface area contributed by atoms with Gasteiger partial charge in [-0.2, -0.15) is 5.26 Å². The van der Waals surface area contributed by atoms with Gasteiger partial charge in [0.25, 0.3) is 0 Å². The third-order valence-electron chi connectivity index (χ3n) is 2.24. The van der Waals surface area contributed by atoms with E-state index in [1.54, 1.807) is 12.4 Å². The summed E-state index contributed by atoms with van der Waals surface area (Å²) in [7, 11) is 1.84. The highest BCUT2D eigenvalue weighted by atomic mass is 16.3. The van der Waals surface area contributed by atoms with Crippen molar-refractivity contribution < 1.29 is 5.11 Å². The van der Waals surface area contributed by atoms with E-state index in [0.29, 0.717) is 17.9 Å². The maximum absolute atomic E-state index is 8.82. The van der Waals surface area contributed by atoms with E-state index in [9.17, 15) is 0 Å². The van der Waals surface area contributed by atoms with Crippen molar-refractivity contribution in [1.82, 2.24) is 9.97 Å². The molecular formula is C10H14N4O. The van der Waals surface area contributed by atoms with Crippen LogP contribution in [0.4, 0.5) is 5.95 Å².